The molecule has 0 spiro atoms. The third-order valence-corrected chi connectivity index (χ3v) is 6.44. The van der Waals surface area contributed by atoms with E-state index in [-0.39, 0.29) is 11.3 Å². The summed E-state index contributed by atoms with van der Waals surface area (Å²) in [6.07, 6.45) is 6.73. The number of rotatable bonds is 7. The van der Waals surface area contributed by atoms with E-state index in [1.807, 2.05) is 24.3 Å². The summed E-state index contributed by atoms with van der Waals surface area (Å²) in [6.45, 7) is 0.943. The second-order valence-corrected chi connectivity index (χ2v) is 8.74. The molecular weight excluding hydrogens is 330 g/mol. The van der Waals surface area contributed by atoms with Crippen LogP contribution in [0.3, 0.4) is 0 Å². The summed E-state index contributed by atoms with van der Waals surface area (Å²) in [5.41, 5.74) is -0.471. The van der Waals surface area contributed by atoms with E-state index in [4.69, 9.17) is 9.47 Å². The molecule has 4 saturated carbocycles. The van der Waals surface area contributed by atoms with E-state index in [9.17, 15) is 9.90 Å². The van der Waals surface area contributed by atoms with Gasteiger partial charge in [-0.15, -0.1) is 0 Å². The first-order valence-electron chi connectivity index (χ1n) is 9.74. The van der Waals surface area contributed by atoms with Crippen LogP contribution in [0.25, 0.3) is 0 Å². The van der Waals surface area contributed by atoms with E-state index in [2.05, 4.69) is 5.32 Å². The van der Waals surface area contributed by atoms with Crippen molar-refractivity contribution in [2.45, 2.75) is 50.5 Å². The van der Waals surface area contributed by atoms with Crippen LogP contribution in [0.5, 0.6) is 11.5 Å². The molecule has 142 valence electrons. The number of benzene rings is 1. The summed E-state index contributed by atoms with van der Waals surface area (Å²) in [4.78, 5) is 12.5. The van der Waals surface area contributed by atoms with Gasteiger partial charge in [0, 0.05) is 6.42 Å². The first-order chi connectivity index (χ1) is 12.5. The lowest BCUT2D eigenvalue weighted by Crippen LogP contribution is -2.56. The lowest BCUT2D eigenvalue weighted by molar-refractivity contribution is -0.169. The lowest BCUT2D eigenvalue weighted by atomic mass is 9.47. The molecule has 0 saturated heterocycles. The predicted octanol–water partition coefficient (Wildman–Crippen LogP) is 2.91. The Bertz CT molecular complexity index is 642. The average Bonchev–Trinajstić information content (AvgIpc) is 2.56. The second-order valence-electron chi connectivity index (χ2n) is 8.74. The van der Waals surface area contributed by atoms with Gasteiger partial charge in [0.15, 0.2) is 0 Å². The molecule has 0 radical (unpaired) electrons. The van der Waals surface area contributed by atoms with Crippen molar-refractivity contribution in [3.63, 3.8) is 0 Å². The Morgan fingerprint density at radius 1 is 1.15 bits per heavy atom. The molecule has 5 rings (SSSR count). The number of carbonyl (C=O) groups is 1. The topological polar surface area (TPSA) is 67.8 Å². The fourth-order valence-corrected chi connectivity index (χ4v) is 6.04. The van der Waals surface area contributed by atoms with Crippen LogP contribution in [0.15, 0.2) is 24.3 Å². The highest BCUT2D eigenvalue weighted by Crippen LogP contribution is 2.62. The average molecular weight is 359 g/mol. The summed E-state index contributed by atoms with van der Waals surface area (Å²) in [7, 11) is 1.63. The van der Waals surface area contributed by atoms with Crippen LogP contribution >= 0.6 is 0 Å². The van der Waals surface area contributed by atoms with Gasteiger partial charge in [0.2, 0.25) is 5.91 Å². The lowest BCUT2D eigenvalue weighted by Gasteiger charge is -2.60. The van der Waals surface area contributed by atoms with Crippen molar-refractivity contribution in [1.29, 1.82) is 0 Å². The first kappa shape index (κ1) is 17.7. The zero-order chi connectivity index (χ0) is 18.2. The number of nitrogens with one attached hydrogen (secondary N) is 1. The highest BCUT2D eigenvalue weighted by Gasteiger charge is 2.57. The van der Waals surface area contributed by atoms with Gasteiger partial charge >= 0.3 is 0 Å². The van der Waals surface area contributed by atoms with Gasteiger partial charge < -0.3 is 19.9 Å². The smallest absolute Gasteiger partial charge is 0.220 e. The number of aliphatic hydroxyl groups is 1. The fraction of sp³-hybridized carbons (Fsp3) is 0.667. The van der Waals surface area contributed by atoms with Crippen molar-refractivity contribution < 1.29 is 19.4 Å². The Labute approximate surface area is 155 Å². The summed E-state index contributed by atoms with van der Waals surface area (Å²) >= 11 is 0. The van der Waals surface area contributed by atoms with Crippen molar-refractivity contribution in [1.82, 2.24) is 5.32 Å². The molecule has 0 unspecified atom stereocenters. The minimum Gasteiger partial charge on any atom is -0.497 e. The zero-order valence-electron chi connectivity index (χ0n) is 15.5. The van der Waals surface area contributed by atoms with Crippen LogP contribution in [0.4, 0.5) is 0 Å². The molecule has 4 aliphatic rings. The van der Waals surface area contributed by atoms with E-state index in [0.29, 0.717) is 31.4 Å². The highest BCUT2D eigenvalue weighted by atomic mass is 16.5. The maximum Gasteiger partial charge on any atom is 0.220 e. The third-order valence-electron chi connectivity index (χ3n) is 6.44. The summed E-state index contributed by atoms with van der Waals surface area (Å²) in [5, 5.41) is 13.8. The number of hydrogen-bond acceptors (Lipinski definition) is 4. The van der Waals surface area contributed by atoms with Crippen LogP contribution in [-0.2, 0) is 4.79 Å². The van der Waals surface area contributed by atoms with E-state index in [0.717, 1.165) is 43.6 Å². The largest absolute Gasteiger partial charge is 0.497 e. The number of amides is 1. The van der Waals surface area contributed by atoms with Gasteiger partial charge in [-0.1, -0.05) is 0 Å². The van der Waals surface area contributed by atoms with Gasteiger partial charge in [0.05, 0.1) is 19.3 Å². The Hall–Kier alpha value is -1.75. The van der Waals surface area contributed by atoms with Gasteiger partial charge in [-0.3, -0.25) is 4.79 Å². The fourth-order valence-electron chi connectivity index (χ4n) is 6.04. The minimum atomic E-state index is -0.498. The molecule has 4 aliphatic carbocycles. The maximum atomic E-state index is 12.5. The monoisotopic (exact) mass is 359 g/mol. The predicted molar refractivity (Wildman–Crippen MR) is 98.2 cm³/mol. The van der Waals surface area contributed by atoms with E-state index >= 15 is 0 Å². The molecule has 1 aromatic carbocycles. The highest BCUT2D eigenvalue weighted by molar-refractivity contribution is 5.76. The second kappa shape index (κ2) is 6.76. The summed E-state index contributed by atoms with van der Waals surface area (Å²) in [5.74, 6) is 2.89. The Kier molecular flexibility index (Phi) is 4.59. The first-order valence-corrected chi connectivity index (χ1v) is 9.74. The van der Waals surface area contributed by atoms with Gasteiger partial charge in [0.25, 0.3) is 0 Å². The maximum absolute atomic E-state index is 12.5. The Balaban J connectivity index is 1.23. The molecule has 0 aliphatic heterocycles. The molecule has 26 heavy (non-hydrogen) atoms. The third kappa shape index (κ3) is 3.68. The van der Waals surface area contributed by atoms with Crippen LogP contribution in [-0.4, -0.2) is 36.9 Å². The van der Waals surface area contributed by atoms with Crippen LogP contribution in [0, 0.1) is 17.3 Å². The van der Waals surface area contributed by atoms with Gasteiger partial charge in [-0.05, 0) is 80.0 Å². The quantitative estimate of drug-likeness (QED) is 0.735. The number of ether oxygens (including phenoxy) is 2. The van der Waals surface area contributed by atoms with Gasteiger partial charge in [-0.2, -0.15) is 0 Å². The molecule has 5 nitrogen and oxygen atoms in total. The minimum absolute atomic E-state index is 0.0275. The van der Waals surface area contributed by atoms with Crippen molar-refractivity contribution in [3.8, 4) is 11.5 Å². The number of carbonyl (C=O) groups excluding carboxylic acids is 1. The zero-order valence-corrected chi connectivity index (χ0v) is 15.5. The summed E-state index contributed by atoms with van der Waals surface area (Å²) in [6, 6.07) is 7.42. The van der Waals surface area contributed by atoms with Crippen molar-refractivity contribution >= 4 is 5.91 Å². The van der Waals surface area contributed by atoms with Gasteiger partial charge in [-0.25, -0.2) is 0 Å². The van der Waals surface area contributed by atoms with Crippen LogP contribution in [0.2, 0.25) is 0 Å². The van der Waals surface area contributed by atoms with E-state index in [1.54, 1.807) is 7.11 Å². The van der Waals surface area contributed by atoms with Crippen LogP contribution < -0.4 is 14.8 Å². The number of methoxy groups -OCH3 is 1. The normalized spacial score (nSPS) is 34.5. The Morgan fingerprint density at radius 2 is 1.81 bits per heavy atom. The molecule has 0 aromatic heterocycles. The molecule has 4 fully saturated rings. The van der Waals surface area contributed by atoms with E-state index < -0.39 is 5.60 Å². The van der Waals surface area contributed by atoms with Crippen molar-refractivity contribution in [2.24, 2.45) is 17.3 Å². The number of hydrogen-bond donors (Lipinski definition) is 2. The van der Waals surface area contributed by atoms with Crippen molar-refractivity contribution in [2.75, 3.05) is 20.3 Å². The molecule has 5 heteroatoms. The molecule has 0 heterocycles. The van der Waals surface area contributed by atoms with Gasteiger partial charge in [0.1, 0.15) is 18.1 Å². The SMILES string of the molecule is COc1ccc(OCCNC(=O)CC23C[C@H]4C[C@@H](CC(O)(C4)C2)C3)cc1. The molecule has 2 N–H and O–H groups in total. The van der Waals surface area contributed by atoms with E-state index in [1.165, 1.54) is 6.42 Å². The van der Waals surface area contributed by atoms with Crippen molar-refractivity contribution in [3.05, 3.63) is 24.3 Å². The Morgan fingerprint density at radius 3 is 2.42 bits per heavy atom. The molecular formula is C21H29NO4. The standard InChI is InChI=1S/C21H29NO4/c1-25-17-2-4-18(5-3-17)26-7-6-22-19(23)13-20-9-15-8-16(10-20)12-21(24,11-15)14-20/h2-5,15-16,24H,6-14H2,1H3,(H,22,23)/t15-,16-,20?,21?/m1/s1. The summed E-state index contributed by atoms with van der Waals surface area (Å²) < 4.78 is 10.8. The molecule has 4 bridgehead atoms. The van der Waals surface area contributed by atoms with Crippen LogP contribution in [0.1, 0.15) is 44.9 Å². The molecule has 1 amide bonds. The molecule has 2 atom stereocenters. The molecule has 1 aromatic rings.